The fourth-order valence-corrected chi connectivity index (χ4v) is 3.70. The Morgan fingerprint density at radius 2 is 1.88 bits per heavy atom. The van der Waals surface area contributed by atoms with E-state index in [-0.39, 0.29) is 5.91 Å². The highest BCUT2D eigenvalue weighted by Crippen LogP contribution is 2.19. The molecule has 4 heteroatoms. The summed E-state index contributed by atoms with van der Waals surface area (Å²) in [5.74, 6) is 0.0125. The number of nitrogens with one attached hydrogen (secondary N) is 1. The van der Waals surface area contributed by atoms with Gasteiger partial charge in [0.15, 0.2) is 0 Å². The highest BCUT2D eigenvalue weighted by atomic mass is 35.5. The molecule has 2 aromatic carbocycles. The summed E-state index contributed by atoms with van der Waals surface area (Å²) in [5.41, 5.74) is 3.40. The quantitative estimate of drug-likeness (QED) is 0.807. The van der Waals surface area contributed by atoms with E-state index in [2.05, 4.69) is 41.4 Å². The molecule has 1 aliphatic rings. The van der Waals surface area contributed by atoms with Gasteiger partial charge in [-0.3, -0.25) is 9.69 Å². The average molecular weight is 371 g/mol. The minimum Gasteiger partial charge on any atom is -0.352 e. The summed E-state index contributed by atoms with van der Waals surface area (Å²) in [6.45, 7) is 5.09. The van der Waals surface area contributed by atoms with Crippen LogP contribution >= 0.6 is 11.6 Å². The summed E-state index contributed by atoms with van der Waals surface area (Å²) in [5, 5.41) is 3.64. The van der Waals surface area contributed by atoms with Crippen LogP contribution in [-0.2, 0) is 24.3 Å². The SMILES string of the molecule is CC1CCCCN1Cc1ccc(CNC(=O)Cc2cccc(Cl)c2)cc1. The van der Waals surface area contributed by atoms with Crippen LogP contribution in [0.5, 0.6) is 0 Å². The molecule has 138 valence electrons. The molecule has 0 aromatic heterocycles. The number of hydrogen-bond donors (Lipinski definition) is 1. The van der Waals surface area contributed by atoms with Gasteiger partial charge in [0.2, 0.25) is 5.91 Å². The summed E-state index contributed by atoms with van der Waals surface area (Å²) in [6.07, 6.45) is 4.31. The fraction of sp³-hybridized carbons (Fsp3) is 0.409. The van der Waals surface area contributed by atoms with E-state index in [1.54, 1.807) is 0 Å². The first-order chi connectivity index (χ1) is 12.6. The molecule has 1 amide bonds. The monoisotopic (exact) mass is 370 g/mol. The van der Waals surface area contributed by atoms with E-state index >= 15 is 0 Å². The molecule has 1 aliphatic heterocycles. The van der Waals surface area contributed by atoms with E-state index in [0.29, 0.717) is 24.0 Å². The van der Waals surface area contributed by atoms with E-state index < -0.39 is 0 Å². The third-order valence-electron chi connectivity index (χ3n) is 5.09. The molecule has 0 bridgehead atoms. The predicted molar refractivity (Wildman–Crippen MR) is 107 cm³/mol. The summed E-state index contributed by atoms with van der Waals surface area (Å²) in [7, 11) is 0. The zero-order chi connectivity index (χ0) is 18.4. The Balaban J connectivity index is 1.47. The molecular weight excluding hydrogens is 344 g/mol. The van der Waals surface area contributed by atoms with Crippen LogP contribution in [0, 0.1) is 0 Å². The number of carbonyl (C=O) groups is 1. The minimum atomic E-state index is 0.0125. The number of piperidine rings is 1. The predicted octanol–water partition coefficient (Wildman–Crippen LogP) is 4.57. The van der Waals surface area contributed by atoms with Crippen molar-refractivity contribution in [3.63, 3.8) is 0 Å². The van der Waals surface area contributed by atoms with E-state index in [0.717, 1.165) is 17.7 Å². The van der Waals surface area contributed by atoms with Crippen molar-refractivity contribution in [3.05, 3.63) is 70.2 Å². The smallest absolute Gasteiger partial charge is 0.224 e. The average Bonchev–Trinajstić information content (AvgIpc) is 2.63. The van der Waals surface area contributed by atoms with E-state index in [1.165, 1.54) is 31.4 Å². The Bertz CT molecular complexity index is 729. The van der Waals surface area contributed by atoms with Gasteiger partial charge in [0.1, 0.15) is 0 Å². The molecule has 2 aromatic rings. The Hall–Kier alpha value is -1.84. The van der Waals surface area contributed by atoms with Crippen molar-refractivity contribution in [2.24, 2.45) is 0 Å². The van der Waals surface area contributed by atoms with Crippen molar-refractivity contribution in [2.75, 3.05) is 6.54 Å². The number of amides is 1. The van der Waals surface area contributed by atoms with Gasteiger partial charge < -0.3 is 5.32 Å². The maximum atomic E-state index is 12.1. The number of hydrogen-bond acceptors (Lipinski definition) is 2. The standard InChI is InChI=1S/C22H27ClN2O/c1-17-5-2-3-12-25(17)16-19-10-8-18(9-11-19)15-24-22(26)14-20-6-4-7-21(23)13-20/h4,6-11,13,17H,2-3,5,12,14-16H2,1H3,(H,24,26). The normalized spacial score (nSPS) is 17.8. The van der Waals surface area contributed by atoms with Crippen LogP contribution in [0.1, 0.15) is 42.9 Å². The van der Waals surface area contributed by atoms with Crippen molar-refractivity contribution >= 4 is 17.5 Å². The lowest BCUT2D eigenvalue weighted by Gasteiger charge is -2.33. The molecule has 1 unspecified atom stereocenters. The van der Waals surface area contributed by atoms with Gasteiger partial charge in [0, 0.05) is 24.2 Å². The molecule has 3 rings (SSSR count). The largest absolute Gasteiger partial charge is 0.352 e. The Kier molecular flexibility index (Phi) is 6.70. The van der Waals surface area contributed by atoms with Crippen LogP contribution in [0.15, 0.2) is 48.5 Å². The number of rotatable bonds is 6. The van der Waals surface area contributed by atoms with Gasteiger partial charge in [-0.05, 0) is 55.1 Å². The van der Waals surface area contributed by atoms with Crippen molar-refractivity contribution in [3.8, 4) is 0 Å². The second kappa shape index (κ2) is 9.20. The maximum absolute atomic E-state index is 12.1. The molecule has 1 saturated heterocycles. The molecule has 1 fully saturated rings. The van der Waals surface area contributed by atoms with E-state index in [4.69, 9.17) is 11.6 Å². The highest BCUT2D eigenvalue weighted by Gasteiger charge is 2.17. The van der Waals surface area contributed by atoms with Gasteiger partial charge in [0.05, 0.1) is 6.42 Å². The molecule has 1 heterocycles. The van der Waals surface area contributed by atoms with Gasteiger partial charge >= 0.3 is 0 Å². The lowest BCUT2D eigenvalue weighted by Crippen LogP contribution is -2.36. The molecular formula is C22H27ClN2O. The topological polar surface area (TPSA) is 32.3 Å². The van der Waals surface area contributed by atoms with Gasteiger partial charge in [-0.25, -0.2) is 0 Å². The van der Waals surface area contributed by atoms with E-state index in [1.807, 2.05) is 24.3 Å². The molecule has 0 radical (unpaired) electrons. The van der Waals surface area contributed by atoms with Gasteiger partial charge in [0.25, 0.3) is 0 Å². The lowest BCUT2D eigenvalue weighted by atomic mass is 10.0. The third kappa shape index (κ3) is 5.58. The van der Waals surface area contributed by atoms with Crippen LogP contribution in [0.4, 0.5) is 0 Å². The van der Waals surface area contributed by atoms with Crippen LogP contribution in [0.2, 0.25) is 5.02 Å². The molecule has 3 nitrogen and oxygen atoms in total. The zero-order valence-corrected chi connectivity index (χ0v) is 16.1. The number of benzene rings is 2. The van der Waals surface area contributed by atoms with E-state index in [9.17, 15) is 4.79 Å². The first-order valence-corrected chi connectivity index (χ1v) is 9.81. The number of nitrogens with zero attached hydrogens (tertiary/aromatic N) is 1. The zero-order valence-electron chi connectivity index (χ0n) is 15.4. The number of halogens is 1. The summed E-state index contributed by atoms with van der Waals surface area (Å²) < 4.78 is 0. The van der Waals surface area contributed by atoms with Crippen LogP contribution in [0.3, 0.4) is 0 Å². The first-order valence-electron chi connectivity index (χ1n) is 9.43. The third-order valence-corrected chi connectivity index (χ3v) is 5.33. The lowest BCUT2D eigenvalue weighted by molar-refractivity contribution is -0.120. The molecule has 0 aliphatic carbocycles. The van der Waals surface area contributed by atoms with Crippen molar-refractivity contribution in [2.45, 2.75) is 51.7 Å². The second-order valence-corrected chi connectivity index (χ2v) is 7.65. The van der Waals surface area contributed by atoms with Crippen LogP contribution in [0.25, 0.3) is 0 Å². The maximum Gasteiger partial charge on any atom is 0.224 e. The first kappa shape index (κ1) is 18.9. The molecule has 0 saturated carbocycles. The van der Waals surface area contributed by atoms with Gasteiger partial charge in [-0.15, -0.1) is 0 Å². The highest BCUT2D eigenvalue weighted by molar-refractivity contribution is 6.30. The van der Waals surface area contributed by atoms with Gasteiger partial charge in [-0.1, -0.05) is 54.4 Å². The fourth-order valence-electron chi connectivity index (χ4n) is 3.48. The minimum absolute atomic E-state index is 0.0125. The van der Waals surface area contributed by atoms with Gasteiger partial charge in [-0.2, -0.15) is 0 Å². The number of likely N-dealkylation sites (tertiary alicyclic amines) is 1. The summed E-state index contributed by atoms with van der Waals surface area (Å²) >= 11 is 5.96. The summed E-state index contributed by atoms with van der Waals surface area (Å²) in [4.78, 5) is 14.7. The van der Waals surface area contributed by atoms with Crippen LogP contribution in [-0.4, -0.2) is 23.4 Å². The summed E-state index contributed by atoms with van der Waals surface area (Å²) in [6, 6.07) is 16.7. The van der Waals surface area contributed by atoms with Crippen molar-refractivity contribution < 1.29 is 4.79 Å². The Labute approximate surface area is 161 Å². The molecule has 26 heavy (non-hydrogen) atoms. The second-order valence-electron chi connectivity index (χ2n) is 7.22. The Morgan fingerprint density at radius 1 is 1.12 bits per heavy atom. The Morgan fingerprint density at radius 3 is 2.62 bits per heavy atom. The number of carbonyl (C=O) groups excluding carboxylic acids is 1. The molecule has 1 atom stereocenters. The van der Waals surface area contributed by atoms with Crippen molar-refractivity contribution in [1.29, 1.82) is 0 Å². The molecule has 0 spiro atoms. The molecule has 1 N–H and O–H groups in total. The van der Waals surface area contributed by atoms with Crippen LogP contribution < -0.4 is 5.32 Å². The van der Waals surface area contributed by atoms with Crippen molar-refractivity contribution in [1.82, 2.24) is 10.2 Å².